The number of esters is 1. The quantitative estimate of drug-likeness (QED) is 0.644. The molecule has 0 fully saturated rings. The third-order valence-corrected chi connectivity index (χ3v) is 4.69. The maximum atomic E-state index is 12.7. The fourth-order valence-corrected chi connectivity index (χ4v) is 3.13. The third kappa shape index (κ3) is 4.80. The van der Waals surface area contributed by atoms with Crippen LogP contribution in [0.3, 0.4) is 0 Å². The lowest BCUT2D eigenvalue weighted by Gasteiger charge is -2.17. The predicted molar refractivity (Wildman–Crippen MR) is 102 cm³/mol. The van der Waals surface area contributed by atoms with E-state index in [-0.39, 0.29) is 5.91 Å². The lowest BCUT2D eigenvalue weighted by molar-refractivity contribution is -0.130. The van der Waals surface area contributed by atoms with Gasteiger partial charge in [0.1, 0.15) is 4.88 Å². The topological polar surface area (TPSA) is 55.4 Å². The highest BCUT2D eigenvalue weighted by Crippen LogP contribution is 2.21. The molecule has 132 valence electrons. The molecule has 2 aromatic carbocycles. The van der Waals surface area contributed by atoms with Crippen LogP contribution in [0.15, 0.2) is 78.2 Å². The second kappa shape index (κ2) is 8.97. The number of nitrogens with one attached hydrogen (secondary N) is 1. The molecule has 1 N–H and O–H groups in total. The minimum atomic E-state index is -0.971. The van der Waals surface area contributed by atoms with Gasteiger partial charge in [-0.25, -0.2) is 4.79 Å². The highest BCUT2D eigenvalue weighted by atomic mass is 32.1. The molecule has 4 nitrogen and oxygen atoms in total. The van der Waals surface area contributed by atoms with E-state index < -0.39 is 12.1 Å². The van der Waals surface area contributed by atoms with Crippen LogP contribution >= 0.6 is 11.3 Å². The average molecular weight is 365 g/mol. The summed E-state index contributed by atoms with van der Waals surface area (Å²) in [5.74, 6) is -0.816. The molecular formula is C21H19NO3S. The minimum Gasteiger partial charge on any atom is -0.443 e. The Hall–Kier alpha value is -2.92. The molecular weight excluding hydrogens is 346 g/mol. The maximum Gasteiger partial charge on any atom is 0.349 e. The van der Waals surface area contributed by atoms with Gasteiger partial charge in [0, 0.05) is 12.1 Å². The van der Waals surface area contributed by atoms with E-state index in [1.165, 1.54) is 11.3 Å². The first-order valence-corrected chi connectivity index (χ1v) is 9.23. The fraction of sp³-hybridized carbons (Fsp3) is 0.143. The number of benzene rings is 2. The number of rotatable bonds is 7. The van der Waals surface area contributed by atoms with Crippen LogP contribution in [0, 0.1) is 0 Å². The molecule has 3 rings (SSSR count). The zero-order valence-corrected chi connectivity index (χ0v) is 14.9. The number of ether oxygens (including phenoxy) is 1. The minimum absolute atomic E-state index is 0.322. The van der Waals surface area contributed by atoms with Gasteiger partial charge in [-0.15, -0.1) is 11.3 Å². The first-order chi connectivity index (χ1) is 12.7. The molecule has 26 heavy (non-hydrogen) atoms. The average Bonchev–Trinajstić information content (AvgIpc) is 3.22. The van der Waals surface area contributed by atoms with Crippen molar-refractivity contribution in [1.82, 2.24) is 5.32 Å². The van der Waals surface area contributed by atoms with Crippen molar-refractivity contribution in [2.24, 2.45) is 0 Å². The molecule has 0 aliphatic rings. The summed E-state index contributed by atoms with van der Waals surface area (Å²) in [4.78, 5) is 25.4. The highest BCUT2D eigenvalue weighted by Gasteiger charge is 2.25. The first-order valence-electron chi connectivity index (χ1n) is 8.35. The van der Waals surface area contributed by atoms with Crippen LogP contribution in [0.25, 0.3) is 0 Å². The van der Waals surface area contributed by atoms with E-state index in [2.05, 4.69) is 5.32 Å². The van der Waals surface area contributed by atoms with Crippen molar-refractivity contribution in [2.45, 2.75) is 12.5 Å². The summed E-state index contributed by atoms with van der Waals surface area (Å²) in [5.41, 5.74) is 1.79. The van der Waals surface area contributed by atoms with Gasteiger partial charge in [-0.05, 0) is 23.4 Å². The number of thiophene rings is 1. The van der Waals surface area contributed by atoms with Crippen LogP contribution in [0.5, 0.6) is 0 Å². The van der Waals surface area contributed by atoms with Gasteiger partial charge < -0.3 is 10.1 Å². The maximum absolute atomic E-state index is 12.7. The summed E-state index contributed by atoms with van der Waals surface area (Å²) in [6.07, 6.45) is -0.256. The van der Waals surface area contributed by atoms with Gasteiger partial charge in [0.15, 0.2) is 0 Å². The second-order valence-corrected chi connectivity index (χ2v) is 6.65. The second-order valence-electron chi connectivity index (χ2n) is 5.70. The molecule has 0 spiro atoms. The smallest absolute Gasteiger partial charge is 0.349 e. The zero-order valence-electron chi connectivity index (χ0n) is 14.1. The summed E-state index contributed by atoms with van der Waals surface area (Å²) in [5, 5.41) is 4.67. The molecule has 5 heteroatoms. The van der Waals surface area contributed by atoms with E-state index in [0.717, 1.165) is 5.56 Å². The molecule has 0 unspecified atom stereocenters. The summed E-state index contributed by atoms with van der Waals surface area (Å²) in [6.45, 7) is 0.475. The van der Waals surface area contributed by atoms with Crippen LogP contribution in [-0.2, 0) is 16.0 Å². The third-order valence-electron chi connectivity index (χ3n) is 3.84. The molecule has 1 amide bonds. The Balaban J connectivity index is 1.66. The van der Waals surface area contributed by atoms with Gasteiger partial charge in [-0.2, -0.15) is 0 Å². The number of hydrogen-bond acceptors (Lipinski definition) is 4. The molecule has 0 radical (unpaired) electrons. The molecule has 0 saturated heterocycles. The van der Waals surface area contributed by atoms with Gasteiger partial charge in [0.2, 0.25) is 6.10 Å². The number of hydrogen-bond donors (Lipinski definition) is 1. The van der Waals surface area contributed by atoms with Crippen LogP contribution in [-0.4, -0.2) is 18.4 Å². The number of carbonyl (C=O) groups excluding carboxylic acids is 2. The van der Waals surface area contributed by atoms with E-state index in [9.17, 15) is 9.59 Å². The normalized spacial score (nSPS) is 11.5. The summed E-state index contributed by atoms with van der Waals surface area (Å²) < 4.78 is 5.50. The monoisotopic (exact) mass is 365 g/mol. The summed E-state index contributed by atoms with van der Waals surface area (Å²) in [6, 6.07) is 22.4. The van der Waals surface area contributed by atoms with Crippen molar-refractivity contribution in [3.8, 4) is 0 Å². The van der Waals surface area contributed by atoms with Gasteiger partial charge in [0.05, 0.1) is 0 Å². The van der Waals surface area contributed by atoms with E-state index in [1.807, 2.05) is 48.5 Å². The van der Waals surface area contributed by atoms with E-state index in [1.54, 1.807) is 29.6 Å². The largest absolute Gasteiger partial charge is 0.443 e. The fourth-order valence-electron chi connectivity index (χ4n) is 2.53. The first kappa shape index (κ1) is 17.9. The zero-order chi connectivity index (χ0) is 18.2. The summed E-state index contributed by atoms with van der Waals surface area (Å²) in [7, 11) is 0. The van der Waals surface area contributed by atoms with Crippen molar-refractivity contribution in [2.75, 3.05) is 6.54 Å². The predicted octanol–water partition coefficient (Wildman–Crippen LogP) is 4.01. The highest BCUT2D eigenvalue weighted by molar-refractivity contribution is 7.11. The molecule has 0 aliphatic heterocycles. The van der Waals surface area contributed by atoms with Crippen LogP contribution < -0.4 is 5.32 Å². The SMILES string of the molecule is O=C(O[C@H](C(=O)NCCc1ccccc1)c1ccccc1)c1cccs1. The van der Waals surface area contributed by atoms with Gasteiger partial charge >= 0.3 is 5.97 Å². The Morgan fingerprint density at radius 1 is 0.923 bits per heavy atom. The van der Waals surface area contributed by atoms with Crippen LogP contribution in [0.1, 0.15) is 26.9 Å². The lowest BCUT2D eigenvalue weighted by Crippen LogP contribution is -2.33. The van der Waals surface area contributed by atoms with Crippen molar-refractivity contribution in [1.29, 1.82) is 0 Å². The Bertz CT molecular complexity index is 832. The van der Waals surface area contributed by atoms with Crippen LogP contribution in [0.4, 0.5) is 0 Å². The standard InChI is InChI=1S/C21H19NO3S/c23-20(22-14-13-16-8-3-1-4-9-16)19(17-10-5-2-6-11-17)25-21(24)18-12-7-15-26-18/h1-12,15,19H,13-14H2,(H,22,23)/t19-/m0/s1. The van der Waals surface area contributed by atoms with Crippen LogP contribution in [0.2, 0.25) is 0 Å². The number of amides is 1. The Morgan fingerprint density at radius 3 is 2.27 bits per heavy atom. The molecule has 3 aromatic rings. The van der Waals surface area contributed by atoms with Crippen molar-refractivity contribution < 1.29 is 14.3 Å². The van der Waals surface area contributed by atoms with Crippen molar-refractivity contribution in [3.63, 3.8) is 0 Å². The Kier molecular flexibility index (Phi) is 6.17. The Morgan fingerprint density at radius 2 is 1.62 bits per heavy atom. The molecule has 0 saturated carbocycles. The van der Waals surface area contributed by atoms with Crippen molar-refractivity contribution in [3.05, 3.63) is 94.2 Å². The van der Waals surface area contributed by atoms with Gasteiger partial charge in [-0.3, -0.25) is 4.79 Å². The van der Waals surface area contributed by atoms with Gasteiger partial charge in [0.25, 0.3) is 5.91 Å². The molecule has 0 aliphatic carbocycles. The molecule has 1 aromatic heterocycles. The van der Waals surface area contributed by atoms with Gasteiger partial charge in [-0.1, -0.05) is 66.7 Å². The van der Waals surface area contributed by atoms with E-state index >= 15 is 0 Å². The van der Waals surface area contributed by atoms with E-state index in [4.69, 9.17) is 4.74 Å². The number of carbonyl (C=O) groups is 2. The van der Waals surface area contributed by atoms with Crippen molar-refractivity contribution >= 4 is 23.2 Å². The Labute approximate surface area is 156 Å². The molecule has 1 atom stereocenters. The molecule has 1 heterocycles. The summed E-state index contributed by atoms with van der Waals surface area (Å²) >= 11 is 1.29. The molecule has 0 bridgehead atoms. The lowest BCUT2D eigenvalue weighted by atomic mass is 10.1. The van der Waals surface area contributed by atoms with E-state index in [0.29, 0.717) is 23.4 Å².